The number of aryl methyl sites for hydroxylation is 5. The molecule has 13 aromatic rings. The molecule has 0 saturated carbocycles. The number of likely N-dealkylation sites (tertiary alicyclic amines) is 1. The molecular weight excluding hydrogens is 1120 g/mol. The summed E-state index contributed by atoms with van der Waals surface area (Å²) in [4.78, 5) is 29.6. The van der Waals surface area contributed by atoms with Crippen LogP contribution in [0.15, 0.2) is 111 Å². The standard InChI is InChI=1S/C77H59N7O2.Zn/c1-5-27-85-29-7-9-46-51-17-21-55(79-51)59(56-22-18-52(80-56)47(10-8-30-86-28-6-2)54-20-24-58(82-54)69(57-23-19-53(46)81-57)77-78-25-26-83(77)3)38-11-13-39(14-12-38)76-66-49-36-45-34-43-32-41-16-15-40-31-42-33-44-35-48(50(66)37-84(76)4)67-68(49)73-65(45)63(43)71-61(41)60(40)70-62(42)64(44)72(67)75(73)74(70)71;/h5-6,11-14,17-26,31-32,35-36,50,66,76H,1-2,7-10,15-16,27-30,33-34,37H2,3-4H3;/q-2;+2. The van der Waals surface area contributed by atoms with Crippen molar-refractivity contribution in [1.29, 1.82) is 0 Å². The second-order valence-electron chi connectivity index (χ2n) is 25.7. The van der Waals surface area contributed by atoms with Gasteiger partial charge in [0.1, 0.15) is 5.82 Å². The van der Waals surface area contributed by atoms with Crippen molar-refractivity contribution in [1.82, 2.24) is 34.4 Å². The smallest absolute Gasteiger partial charge is 0.657 e. The van der Waals surface area contributed by atoms with Gasteiger partial charge in [0.15, 0.2) is 0 Å². The Kier molecular flexibility index (Phi) is 10.7. The Labute approximate surface area is 515 Å². The molecule has 1 fully saturated rings. The molecule has 7 heterocycles. The van der Waals surface area contributed by atoms with E-state index in [4.69, 9.17) is 34.4 Å². The van der Waals surface area contributed by atoms with Gasteiger partial charge in [-0.3, -0.25) is 4.90 Å². The number of benzene rings is 7. The van der Waals surface area contributed by atoms with Gasteiger partial charge in [-0.05, 0) is 230 Å². The molecule has 3 unspecified atom stereocenters. The molecule has 0 spiro atoms. The average Bonchev–Trinajstić information content (AvgIpc) is 1.46. The van der Waals surface area contributed by atoms with Crippen LogP contribution in [0.4, 0.5) is 0 Å². The maximum atomic E-state index is 5.95. The number of ether oxygens (including phenoxy) is 2. The number of aromatic nitrogens is 6. The second kappa shape index (κ2) is 18.3. The van der Waals surface area contributed by atoms with E-state index in [2.05, 4.69) is 122 Å². The zero-order chi connectivity index (χ0) is 56.5. The molecule has 4 aromatic heterocycles. The molecule has 20 rings (SSSR count). The first kappa shape index (κ1) is 50.8. The molecule has 10 heteroatoms. The molecule has 7 aliphatic rings. The summed E-state index contributed by atoms with van der Waals surface area (Å²) >= 11 is 0. The summed E-state index contributed by atoms with van der Waals surface area (Å²) in [5.74, 6) is 1.48. The van der Waals surface area contributed by atoms with Crippen molar-refractivity contribution < 1.29 is 29.0 Å². The normalized spacial score (nSPS) is 17.7. The summed E-state index contributed by atoms with van der Waals surface area (Å²) < 4.78 is 13.9. The topological polar surface area (TPSA) is 93.5 Å². The van der Waals surface area contributed by atoms with Gasteiger partial charge in [0.2, 0.25) is 0 Å². The van der Waals surface area contributed by atoms with Crippen LogP contribution in [0.1, 0.15) is 115 Å². The van der Waals surface area contributed by atoms with E-state index < -0.39 is 0 Å². The number of rotatable bonds is 15. The SMILES string of the molecule is C=CCOCCCc1c2nc(c(-c3nccn3C)c3ccc([n-]3)c(CCCOCC=C)c3nc(c(-c4ccc(C5C6c7cc8c9c%10c(cc%11c%12c%13c(cc%14c%15c%16c(cc(c%17c7c9c(c%16%17)c(c%13%15)c%12%10)C6CN5C)C%14)CC%11)C8)cc4)c4ccc1[n-]4)C=C3)C=C2.[Zn+2]. The number of fused-ring (bicyclic) bond motifs is 11. The second-order valence-corrected chi connectivity index (χ2v) is 25.7. The molecule has 4 aliphatic carbocycles. The van der Waals surface area contributed by atoms with Crippen LogP contribution in [0.25, 0.3) is 144 Å². The van der Waals surface area contributed by atoms with E-state index in [0.29, 0.717) is 38.3 Å². The minimum Gasteiger partial charge on any atom is -0.657 e. The number of hydrogen-bond donors (Lipinski definition) is 0. The van der Waals surface area contributed by atoms with E-state index in [-0.39, 0.29) is 25.5 Å². The Balaban J connectivity index is 0.00000551. The Hall–Kier alpha value is -8.37. The van der Waals surface area contributed by atoms with Gasteiger partial charge < -0.3 is 24.0 Å². The number of hydrogen-bond acceptors (Lipinski definition) is 6. The Bertz CT molecular complexity index is 5400. The van der Waals surface area contributed by atoms with Crippen molar-refractivity contribution in [2.24, 2.45) is 7.05 Å². The van der Waals surface area contributed by atoms with Gasteiger partial charge in [-0.25, -0.2) is 15.0 Å². The Morgan fingerprint density at radius 1 is 0.540 bits per heavy atom. The fourth-order valence-electron chi connectivity index (χ4n) is 18.2. The zero-order valence-corrected chi connectivity index (χ0v) is 52.0. The van der Waals surface area contributed by atoms with Crippen molar-refractivity contribution in [3.8, 4) is 22.5 Å². The predicted molar refractivity (Wildman–Crippen MR) is 351 cm³/mol. The average molecular weight is 1180 g/mol. The summed E-state index contributed by atoms with van der Waals surface area (Å²) in [7, 11) is 4.41. The number of nitrogens with zero attached hydrogens (tertiary/aromatic N) is 7. The van der Waals surface area contributed by atoms with Gasteiger partial charge in [-0.2, -0.15) is 0 Å². The van der Waals surface area contributed by atoms with Crippen LogP contribution in [-0.2, 0) is 74.5 Å². The first-order valence-corrected chi connectivity index (χ1v) is 31.1. The monoisotopic (exact) mass is 1180 g/mol. The van der Waals surface area contributed by atoms with E-state index in [0.717, 1.165) is 136 Å². The molecule has 9 aromatic carbocycles. The van der Waals surface area contributed by atoms with E-state index in [9.17, 15) is 0 Å². The molecule has 87 heavy (non-hydrogen) atoms. The minimum absolute atomic E-state index is 0. The van der Waals surface area contributed by atoms with Crippen molar-refractivity contribution in [3.05, 3.63) is 194 Å². The largest absolute Gasteiger partial charge is 2.00 e. The summed E-state index contributed by atoms with van der Waals surface area (Å²) in [6, 6.07) is 29.1. The van der Waals surface area contributed by atoms with Crippen molar-refractivity contribution in [2.75, 3.05) is 40.0 Å². The van der Waals surface area contributed by atoms with Gasteiger partial charge in [0.25, 0.3) is 0 Å². The third-order valence-corrected chi connectivity index (χ3v) is 21.3. The summed E-state index contributed by atoms with van der Waals surface area (Å²) in [6.07, 6.45) is 23.4. The zero-order valence-electron chi connectivity index (χ0n) is 49.0. The molecule has 8 bridgehead atoms. The minimum atomic E-state index is 0. The fourth-order valence-corrected chi connectivity index (χ4v) is 18.2. The molecular formula is C77H59N7O2Zn. The number of likely N-dealkylation sites (N-methyl/N-ethyl adjacent to an activating group) is 1. The van der Waals surface area contributed by atoms with E-state index in [1.54, 1.807) is 132 Å². The first-order valence-electron chi connectivity index (χ1n) is 31.1. The van der Waals surface area contributed by atoms with Crippen molar-refractivity contribution in [2.45, 2.75) is 69.2 Å². The van der Waals surface area contributed by atoms with E-state index in [1.807, 2.05) is 24.0 Å². The van der Waals surface area contributed by atoms with Gasteiger partial charge >= 0.3 is 19.5 Å². The molecule has 0 radical (unpaired) electrons. The third kappa shape index (κ3) is 6.64. The van der Waals surface area contributed by atoms with Crippen molar-refractivity contribution >= 4 is 122 Å². The van der Waals surface area contributed by atoms with Gasteiger partial charge in [0, 0.05) is 62.6 Å². The summed E-state index contributed by atoms with van der Waals surface area (Å²) in [5.41, 5.74) is 26.0. The molecule has 3 aliphatic heterocycles. The number of imidazole rings is 1. The van der Waals surface area contributed by atoms with Crippen LogP contribution in [-0.4, -0.2) is 64.4 Å². The fraction of sp³-hybridized carbons (Fsp3) is 0.234. The quantitative estimate of drug-likeness (QED) is 0.0434. The molecule has 0 N–H and O–H groups in total. The van der Waals surface area contributed by atoms with Gasteiger partial charge in [-0.1, -0.05) is 84.9 Å². The molecule has 9 nitrogen and oxygen atoms in total. The Morgan fingerprint density at radius 2 is 1.02 bits per heavy atom. The van der Waals surface area contributed by atoms with Crippen LogP contribution in [0.3, 0.4) is 0 Å². The predicted octanol–water partition coefficient (Wildman–Crippen LogP) is 15.8. The first-order chi connectivity index (χ1) is 42.4. The molecule has 3 atom stereocenters. The Morgan fingerprint density at radius 3 is 1.59 bits per heavy atom. The van der Waals surface area contributed by atoms with Crippen molar-refractivity contribution in [3.63, 3.8) is 0 Å². The van der Waals surface area contributed by atoms with Crippen LogP contribution in [0.2, 0.25) is 0 Å². The van der Waals surface area contributed by atoms with Crippen LogP contribution < -0.4 is 9.97 Å². The maximum absolute atomic E-state index is 5.95. The van der Waals surface area contributed by atoms with Crippen LogP contribution >= 0.6 is 0 Å². The summed E-state index contributed by atoms with van der Waals surface area (Å²) in [6.45, 7) is 11.0. The maximum Gasteiger partial charge on any atom is 2.00 e. The van der Waals surface area contributed by atoms with Gasteiger partial charge in [0.05, 0.1) is 36.0 Å². The van der Waals surface area contributed by atoms with E-state index >= 15 is 0 Å². The molecule has 1 saturated heterocycles. The molecule has 416 valence electrons. The third-order valence-electron chi connectivity index (χ3n) is 21.3. The van der Waals surface area contributed by atoms with Crippen LogP contribution in [0, 0.1) is 0 Å². The van der Waals surface area contributed by atoms with E-state index in [1.165, 1.54) is 5.56 Å². The van der Waals surface area contributed by atoms with Gasteiger partial charge in [-0.15, -0.1) is 35.2 Å². The summed E-state index contributed by atoms with van der Waals surface area (Å²) in [5, 5.41) is 22.2. The van der Waals surface area contributed by atoms with Crippen LogP contribution in [0.5, 0.6) is 0 Å². The molecule has 0 amide bonds.